The smallest absolute Gasteiger partial charge is 0.193 e. The molecule has 2 aromatic carbocycles. The number of benzene rings is 2. The fourth-order valence-corrected chi connectivity index (χ4v) is 2.65. The van der Waals surface area contributed by atoms with Gasteiger partial charge in [0.1, 0.15) is 5.75 Å². The van der Waals surface area contributed by atoms with E-state index < -0.39 is 0 Å². The zero-order valence-electron chi connectivity index (χ0n) is 16.6. The van der Waals surface area contributed by atoms with E-state index in [4.69, 9.17) is 4.74 Å². The van der Waals surface area contributed by atoms with Gasteiger partial charge < -0.3 is 4.74 Å². The van der Waals surface area contributed by atoms with Gasteiger partial charge in [0.25, 0.3) is 0 Å². The topological polar surface area (TPSA) is 26.3 Å². The number of ether oxygens (including phenoxy) is 1. The number of hydrogen-bond donors (Lipinski definition) is 0. The number of rotatable bonds is 6. The normalized spacial score (nSPS) is 10.0. The lowest BCUT2D eigenvalue weighted by Crippen LogP contribution is -2.05. The van der Waals surface area contributed by atoms with Gasteiger partial charge >= 0.3 is 0 Å². The van der Waals surface area contributed by atoms with E-state index in [0.29, 0.717) is 6.61 Å². The molecule has 2 nitrogen and oxygen atoms in total. The second-order valence-corrected chi connectivity index (χ2v) is 6.14. The van der Waals surface area contributed by atoms with Crippen molar-refractivity contribution < 1.29 is 9.53 Å². The maximum absolute atomic E-state index is 12.7. The van der Waals surface area contributed by atoms with Crippen molar-refractivity contribution in [3.05, 3.63) is 64.2 Å². The van der Waals surface area contributed by atoms with Crippen molar-refractivity contribution in [1.82, 2.24) is 0 Å². The Morgan fingerprint density at radius 2 is 1.36 bits per heavy atom. The van der Waals surface area contributed by atoms with Gasteiger partial charge in [0.15, 0.2) is 5.78 Å². The molecule has 2 aromatic rings. The van der Waals surface area contributed by atoms with Crippen LogP contribution in [0.25, 0.3) is 0 Å². The fourth-order valence-electron chi connectivity index (χ4n) is 2.65. The number of carbonyl (C=O) groups excluding carboxylic acids is 1. The lowest BCUT2D eigenvalue weighted by molar-refractivity contribution is 0.103. The summed E-state index contributed by atoms with van der Waals surface area (Å²) in [6.07, 6.45) is 3.04. The van der Waals surface area contributed by atoms with Crippen LogP contribution in [-0.2, 0) is 12.8 Å². The molecule has 0 saturated carbocycles. The molecule has 136 valence electrons. The highest BCUT2D eigenvalue weighted by Gasteiger charge is 2.13. The molecule has 0 fully saturated rings. The third-order valence-corrected chi connectivity index (χ3v) is 4.00. The summed E-state index contributed by atoms with van der Waals surface area (Å²) in [5.41, 5.74) is 5.03. The Bertz CT molecular complexity index is 686. The van der Waals surface area contributed by atoms with E-state index >= 15 is 0 Å². The van der Waals surface area contributed by atoms with E-state index in [1.54, 1.807) is 0 Å². The van der Waals surface area contributed by atoms with E-state index in [1.165, 1.54) is 17.5 Å². The Hall–Kier alpha value is -2.09. The van der Waals surface area contributed by atoms with Crippen molar-refractivity contribution in [2.24, 2.45) is 0 Å². The summed E-state index contributed by atoms with van der Waals surface area (Å²) in [7, 11) is 0. The summed E-state index contributed by atoms with van der Waals surface area (Å²) in [5, 5.41) is 0. The lowest BCUT2D eigenvalue weighted by Gasteiger charge is -2.11. The largest absolute Gasteiger partial charge is 0.494 e. The first-order valence-corrected chi connectivity index (χ1v) is 9.42. The molecule has 0 unspecified atom stereocenters. The molecule has 0 saturated heterocycles. The molecule has 0 spiro atoms. The number of aryl methyl sites for hydroxylation is 3. The SMILES string of the molecule is CCC.CCOc1ccc(C(=O)c2ccc(C)c(CC)c2)cc1CC. The predicted molar refractivity (Wildman–Crippen MR) is 107 cm³/mol. The summed E-state index contributed by atoms with van der Waals surface area (Å²) in [5.74, 6) is 0.951. The molecule has 0 aliphatic heterocycles. The standard InChI is InChI=1S/C20H24O2.C3H8/c1-5-15-12-17(9-8-14(15)4)20(21)18-10-11-19(22-7-3)16(6-2)13-18;1-3-2/h8-13H,5-7H2,1-4H3;3H2,1-2H3. The van der Waals surface area contributed by atoms with Gasteiger partial charge in [0, 0.05) is 11.1 Å². The van der Waals surface area contributed by atoms with Crippen LogP contribution in [0.2, 0.25) is 0 Å². The van der Waals surface area contributed by atoms with Crippen LogP contribution in [0.15, 0.2) is 36.4 Å². The van der Waals surface area contributed by atoms with E-state index in [-0.39, 0.29) is 5.78 Å². The molecule has 0 amide bonds. The number of carbonyl (C=O) groups is 1. The minimum atomic E-state index is 0.0763. The van der Waals surface area contributed by atoms with Crippen molar-refractivity contribution in [1.29, 1.82) is 0 Å². The zero-order valence-corrected chi connectivity index (χ0v) is 16.6. The highest BCUT2D eigenvalue weighted by Crippen LogP contribution is 2.23. The third kappa shape index (κ3) is 5.74. The molecular weight excluding hydrogens is 308 g/mol. The molecule has 2 rings (SSSR count). The average molecular weight is 341 g/mol. The van der Waals surface area contributed by atoms with Crippen LogP contribution in [0.1, 0.15) is 73.7 Å². The van der Waals surface area contributed by atoms with Gasteiger partial charge in [-0.25, -0.2) is 0 Å². The fraction of sp³-hybridized carbons (Fsp3) is 0.435. The summed E-state index contributed by atoms with van der Waals surface area (Å²) < 4.78 is 5.61. The molecular formula is C23H32O2. The van der Waals surface area contributed by atoms with Crippen LogP contribution in [0, 0.1) is 6.92 Å². The minimum absolute atomic E-state index is 0.0763. The molecule has 0 heterocycles. The summed E-state index contributed by atoms with van der Waals surface area (Å²) >= 11 is 0. The Labute approximate surface area is 153 Å². The first kappa shape index (κ1) is 21.0. The van der Waals surface area contributed by atoms with E-state index in [9.17, 15) is 4.79 Å². The molecule has 0 bridgehead atoms. The molecule has 0 aliphatic rings. The first-order valence-electron chi connectivity index (χ1n) is 9.42. The molecule has 25 heavy (non-hydrogen) atoms. The van der Waals surface area contributed by atoms with Crippen LogP contribution < -0.4 is 4.74 Å². The summed E-state index contributed by atoms with van der Waals surface area (Å²) in [6, 6.07) is 11.7. The van der Waals surface area contributed by atoms with Crippen molar-refractivity contribution in [3.8, 4) is 5.75 Å². The molecule has 0 N–H and O–H groups in total. The van der Waals surface area contributed by atoms with E-state index in [2.05, 4.69) is 34.6 Å². The van der Waals surface area contributed by atoms with Gasteiger partial charge in [-0.2, -0.15) is 0 Å². The van der Waals surface area contributed by atoms with Crippen molar-refractivity contribution in [2.45, 2.75) is 60.8 Å². The maximum atomic E-state index is 12.7. The van der Waals surface area contributed by atoms with Crippen LogP contribution in [0.3, 0.4) is 0 Å². The van der Waals surface area contributed by atoms with E-state index in [1.807, 2.05) is 43.3 Å². The van der Waals surface area contributed by atoms with E-state index in [0.717, 1.165) is 35.3 Å². The second kappa shape index (κ2) is 10.7. The van der Waals surface area contributed by atoms with Gasteiger partial charge in [0.05, 0.1) is 6.61 Å². The van der Waals surface area contributed by atoms with Gasteiger partial charge in [-0.1, -0.05) is 46.2 Å². The highest BCUT2D eigenvalue weighted by atomic mass is 16.5. The van der Waals surface area contributed by atoms with Gasteiger partial charge in [-0.3, -0.25) is 4.79 Å². The summed E-state index contributed by atoms with van der Waals surface area (Å²) in [4.78, 5) is 12.7. The zero-order chi connectivity index (χ0) is 18.8. The van der Waals surface area contributed by atoms with Crippen LogP contribution >= 0.6 is 0 Å². The lowest BCUT2D eigenvalue weighted by atomic mass is 9.96. The van der Waals surface area contributed by atoms with Crippen LogP contribution in [-0.4, -0.2) is 12.4 Å². The van der Waals surface area contributed by atoms with Crippen molar-refractivity contribution in [2.75, 3.05) is 6.61 Å². The summed E-state index contributed by atoms with van der Waals surface area (Å²) in [6.45, 7) is 13.1. The van der Waals surface area contributed by atoms with Crippen LogP contribution in [0.4, 0.5) is 0 Å². The maximum Gasteiger partial charge on any atom is 0.193 e. The molecule has 0 aromatic heterocycles. The monoisotopic (exact) mass is 340 g/mol. The minimum Gasteiger partial charge on any atom is -0.494 e. The molecule has 0 aliphatic carbocycles. The number of ketones is 1. The second-order valence-electron chi connectivity index (χ2n) is 6.14. The Morgan fingerprint density at radius 3 is 1.88 bits per heavy atom. The van der Waals surface area contributed by atoms with Gasteiger partial charge in [-0.05, 0) is 67.6 Å². The number of hydrogen-bond acceptors (Lipinski definition) is 2. The molecule has 0 atom stereocenters. The quantitative estimate of drug-likeness (QED) is 0.588. The third-order valence-electron chi connectivity index (χ3n) is 4.00. The Kier molecular flexibility index (Phi) is 8.98. The average Bonchev–Trinajstić information content (AvgIpc) is 2.62. The Balaban J connectivity index is 0.000000970. The molecule has 0 radical (unpaired) electrons. The van der Waals surface area contributed by atoms with Gasteiger partial charge in [0.2, 0.25) is 0 Å². The van der Waals surface area contributed by atoms with Crippen molar-refractivity contribution in [3.63, 3.8) is 0 Å². The van der Waals surface area contributed by atoms with Crippen molar-refractivity contribution >= 4 is 5.78 Å². The first-order chi connectivity index (χ1) is 12.0. The van der Waals surface area contributed by atoms with Gasteiger partial charge in [-0.15, -0.1) is 0 Å². The predicted octanol–water partition coefficient (Wildman–Crippen LogP) is 6.17. The highest BCUT2D eigenvalue weighted by molar-refractivity contribution is 6.09. The Morgan fingerprint density at radius 1 is 0.840 bits per heavy atom. The molecule has 2 heteroatoms. The van der Waals surface area contributed by atoms with Crippen LogP contribution in [0.5, 0.6) is 5.75 Å².